The average Bonchev–Trinajstić information content (AvgIpc) is 2.56. The monoisotopic (exact) mass is 339 g/mol. The van der Waals surface area contributed by atoms with Gasteiger partial charge in [-0.15, -0.1) is 0 Å². The molecule has 0 aliphatic carbocycles. The summed E-state index contributed by atoms with van der Waals surface area (Å²) in [5, 5.41) is 6.45. The summed E-state index contributed by atoms with van der Waals surface area (Å²) in [5.74, 6) is 0.00381. The van der Waals surface area contributed by atoms with Crippen LogP contribution in [0.2, 0.25) is 0 Å². The van der Waals surface area contributed by atoms with Crippen molar-refractivity contribution in [2.75, 3.05) is 27.2 Å². The molecule has 2 rings (SSSR count). The Morgan fingerprint density at radius 1 is 1.04 bits per heavy atom. The molecule has 0 fully saturated rings. The molecule has 1 atom stereocenters. The summed E-state index contributed by atoms with van der Waals surface area (Å²) >= 11 is 0. The van der Waals surface area contributed by atoms with Crippen LogP contribution in [0.5, 0.6) is 0 Å². The van der Waals surface area contributed by atoms with Crippen LogP contribution >= 0.6 is 0 Å². The molecule has 0 aliphatic heterocycles. The van der Waals surface area contributed by atoms with E-state index in [9.17, 15) is 4.79 Å². The first-order chi connectivity index (χ1) is 12.0. The Hall–Kier alpha value is -2.17. The minimum absolute atomic E-state index is 0.00381. The number of likely N-dealkylation sites (N-methyl/N-ethyl adjacent to an activating group) is 1. The number of hydrogen-bond acceptors (Lipinski definition) is 3. The summed E-state index contributed by atoms with van der Waals surface area (Å²) in [6.45, 7) is 6.33. The van der Waals surface area contributed by atoms with E-state index in [2.05, 4.69) is 47.6 Å². The van der Waals surface area contributed by atoms with Crippen LogP contribution in [0.1, 0.15) is 28.3 Å². The molecule has 0 aliphatic rings. The van der Waals surface area contributed by atoms with E-state index in [0.717, 1.165) is 24.2 Å². The van der Waals surface area contributed by atoms with Gasteiger partial charge in [-0.2, -0.15) is 0 Å². The minimum atomic E-state index is -0.341. The number of nitrogens with one attached hydrogen (secondary N) is 2. The second kappa shape index (κ2) is 9.35. The van der Waals surface area contributed by atoms with E-state index in [0.29, 0.717) is 6.54 Å². The van der Waals surface area contributed by atoms with Crippen LogP contribution in [0.4, 0.5) is 0 Å². The predicted molar refractivity (Wildman–Crippen MR) is 104 cm³/mol. The fraction of sp³-hybridized carbons (Fsp3) is 0.381. The molecule has 4 heteroatoms. The molecule has 0 heterocycles. The molecule has 25 heavy (non-hydrogen) atoms. The molecule has 0 aromatic heterocycles. The van der Waals surface area contributed by atoms with Gasteiger partial charge in [0.05, 0.1) is 0 Å². The summed E-state index contributed by atoms with van der Waals surface area (Å²) < 4.78 is 0. The molecule has 0 spiro atoms. The molecule has 2 aromatic carbocycles. The molecule has 134 valence electrons. The molecular formula is C21H29N3O. The normalized spacial score (nSPS) is 12.2. The van der Waals surface area contributed by atoms with E-state index >= 15 is 0 Å². The molecule has 0 saturated heterocycles. The van der Waals surface area contributed by atoms with Gasteiger partial charge >= 0.3 is 0 Å². The predicted octanol–water partition coefficient (Wildman–Crippen LogP) is 2.81. The van der Waals surface area contributed by atoms with Gasteiger partial charge in [-0.05, 0) is 39.1 Å². The molecule has 0 radical (unpaired) electrons. The van der Waals surface area contributed by atoms with Crippen LogP contribution in [0.3, 0.4) is 0 Å². The van der Waals surface area contributed by atoms with Crippen molar-refractivity contribution in [2.45, 2.75) is 26.4 Å². The van der Waals surface area contributed by atoms with Gasteiger partial charge in [-0.25, -0.2) is 0 Å². The summed E-state index contributed by atoms with van der Waals surface area (Å²) in [6.07, 6.45) is 0. The number of carbonyl (C=O) groups is 1. The molecule has 1 amide bonds. The average molecular weight is 339 g/mol. The summed E-state index contributed by atoms with van der Waals surface area (Å²) in [6, 6.07) is 15.9. The van der Waals surface area contributed by atoms with Crippen LogP contribution in [-0.2, 0) is 11.3 Å². The third-order valence-electron chi connectivity index (χ3n) is 4.05. The van der Waals surface area contributed by atoms with Gasteiger partial charge in [0.2, 0.25) is 5.91 Å². The van der Waals surface area contributed by atoms with Crippen molar-refractivity contribution in [2.24, 2.45) is 0 Å². The Labute approximate surface area is 151 Å². The lowest BCUT2D eigenvalue weighted by Gasteiger charge is -2.20. The first-order valence-corrected chi connectivity index (χ1v) is 8.73. The van der Waals surface area contributed by atoms with Crippen molar-refractivity contribution in [3.63, 3.8) is 0 Å². The third kappa shape index (κ3) is 6.33. The summed E-state index contributed by atoms with van der Waals surface area (Å²) in [4.78, 5) is 14.9. The molecule has 4 nitrogen and oxygen atoms in total. The van der Waals surface area contributed by atoms with E-state index in [1.54, 1.807) is 0 Å². The molecule has 0 unspecified atom stereocenters. The highest BCUT2D eigenvalue weighted by Crippen LogP contribution is 2.14. The SMILES string of the molecule is Cc1cc(C)cc(CNC(=O)[C@@H](NCCN(C)C)c2ccccc2)c1. The van der Waals surface area contributed by atoms with Crippen LogP contribution < -0.4 is 10.6 Å². The largest absolute Gasteiger partial charge is 0.350 e. The van der Waals surface area contributed by atoms with Gasteiger partial charge in [0.15, 0.2) is 0 Å². The Morgan fingerprint density at radius 2 is 1.68 bits per heavy atom. The second-order valence-electron chi connectivity index (χ2n) is 6.81. The van der Waals surface area contributed by atoms with Crippen molar-refractivity contribution in [3.8, 4) is 0 Å². The van der Waals surface area contributed by atoms with Crippen molar-refractivity contribution in [3.05, 3.63) is 70.8 Å². The number of amides is 1. The van der Waals surface area contributed by atoms with Crippen molar-refractivity contribution in [1.82, 2.24) is 15.5 Å². The van der Waals surface area contributed by atoms with Gasteiger partial charge in [-0.1, -0.05) is 59.7 Å². The van der Waals surface area contributed by atoms with Gasteiger partial charge in [-0.3, -0.25) is 4.79 Å². The van der Waals surface area contributed by atoms with E-state index in [1.807, 2.05) is 44.4 Å². The Balaban J connectivity index is 2.03. The maximum absolute atomic E-state index is 12.8. The molecule has 0 saturated carbocycles. The topological polar surface area (TPSA) is 44.4 Å². The Morgan fingerprint density at radius 3 is 2.28 bits per heavy atom. The zero-order valence-corrected chi connectivity index (χ0v) is 15.7. The van der Waals surface area contributed by atoms with Gasteiger partial charge in [0.1, 0.15) is 6.04 Å². The van der Waals surface area contributed by atoms with Gasteiger partial charge in [0, 0.05) is 19.6 Å². The number of rotatable bonds is 8. The number of benzene rings is 2. The van der Waals surface area contributed by atoms with E-state index < -0.39 is 0 Å². The van der Waals surface area contributed by atoms with E-state index in [-0.39, 0.29) is 11.9 Å². The smallest absolute Gasteiger partial charge is 0.242 e. The van der Waals surface area contributed by atoms with E-state index in [4.69, 9.17) is 0 Å². The fourth-order valence-electron chi connectivity index (χ4n) is 2.90. The first kappa shape index (κ1) is 19.2. The van der Waals surface area contributed by atoms with Crippen LogP contribution in [-0.4, -0.2) is 38.0 Å². The molecule has 2 N–H and O–H groups in total. The highest BCUT2D eigenvalue weighted by atomic mass is 16.2. The summed E-state index contributed by atoms with van der Waals surface area (Å²) in [7, 11) is 4.05. The zero-order valence-electron chi connectivity index (χ0n) is 15.7. The molecule has 2 aromatic rings. The van der Waals surface area contributed by atoms with Gasteiger partial charge in [0.25, 0.3) is 0 Å². The fourth-order valence-corrected chi connectivity index (χ4v) is 2.90. The second-order valence-corrected chi connectivity index (χ2v) is 6.81. The maximum Gasteiger partial charge on any atom is 0.242 e. The number of carbonyl (C=O) groups excluding carboxylic acids is 1. The lowest BCUT2D eigenvalue weighted by atomic mass is 10.1. The lowest BCUT2D eigenvalue weighted by molar-refractivity contribution is -0.123. The van der Waals surface area contributed by atoms with Crippen LogP contribution in [0.25, 0.3) is 0 Å². The lowest BCUT2D eigenvalue weighted by Crippen LogP contribution is -2.39. The number of aryl methyl sites for hydroxylation is 2. The Kier molecular flexibility index (Phi) is 7.16. The standard InChI is InChI=1S/C21H29N3O/c1-16-12-17(2)14-18(13-16)15-23-21(25)20(22-10-11-24(3)4)19-8-6-5-7-9-19/h5-9,12-14,20,22H,10-11,15H2,1-4H3,(H,23,25)/t20-/m0/s1. The summed E-state index contributed by atoms with van der Waals surface area (Å²) in [5.41, 5.74) is 4.55. The number of hydrogen-bond donors (Lipinski definition) is 2. The van der Waals surface area contributed by atoms with E-state index in [1.165, 1.54) is 11.1 Å². The Bertz CT molecular complexity index is 663. The van der Waals surface area contributed by atoms with Gasteiger partial charge < -0.3 is 15.5 Å². The quantitative estimate of drug-likeness (QED) is 0.777. The van der Waals surface area contributed by atoms with Crippen LogP contribution in [0.15, 0.2) is 48.5 Å². The van der Waals surface area contributed by atoms with Crippen molar-refractivity contribution < 1.29 is 4.79 Å². The van der Waals surface area contributed by atoms with Crippen LogP contribution in [0, 0.1) is 13.8 Å². The minimum Gasteiger partial charge on any atom is -0.350 e. The highest BCUT2D eigenvalue weighted by Gasteiger charge is 2.19. The molecule has 0 bridgehead atoms. The molecular weight excluding hydrogens is 310 g/mol. The first-order valence-electron chi connectivity index (χ1n) is 8.73. The van der Waals surface area contributed by atoms with Crippen molar-refractivity contribution in [1.29, 1.82) is 0 Å². The highest BCUT2D eigenvalue weighted by molar-refractivity contribution is 5.83. The zero-order chi connectivity index (χ0) is 18.2. The van der Waals surface area contributed by atoms with Crippen molar-refractivity contribution >= 4 is 5.91 Å². The third-order valence-corrected chi connectivity index (χ3v) is 4.05. The maximum atomic E-state index is 12.8. The number of nitrogens with zero attached hydrogens (tertiary/aromatic N) is 1.